The van der Waals surface area contributed by atoms with Crippen LogP contribution in [0.3, 0.4) is 0 Å². The predicted octanol–water partition coefficient (Wildman–Crippen LogP) is 2.25. The molecule has 0 aliphatic carbocycles. The fourth-order valence-electron chi connectivity index (χ4n) is 2.84. The minimum absolute atomic E-state index is 0.00655. The summed E-state index contributed by atoms with van der Waals surface area (Å²) in [5.41, 5.74) is 7.21. The van der Waals surface area contributed by atoms with Crippen LogP contribution in [0.15, 0.2) is 36.4 Å². The lowest BCUT2D eigenvalue weighted by Gasteiger charge is -2.14. The number of carbonyl (C=O) groups excluding carboxylic acids is 1. The number of nitrogen functional groups attached to an aromatic ring is 1. The van der Waals surface area contributed by atoms with Gasteiger partial charge in [-0.3, -0.25) is 4.79 Å². The first kappa shape index (κ1) is 13.9. The summed E-state index contributed by atoms with van der Waals surface area (Å²) in [6.45, 7) is 3.97. The van der Waals surface area contributed by atoms with E-state index in [2.05, 4.69) is 10.2 Å². The van der Waals surface area contributed by atoms with Crippen molar-refractivity contribution in [1.82, 2.24) is 10.2 Å². The maximum Gasteiger partial charge on any atom is 0.251 e. The highest BCUT2D eigenvalue weighted by atomic mass is 16.1. The predicted molar refractivity (Wildman–Crippen MR) is 86.4 cm³/mol. The van der Waals surface area contributed by atoms with E-state index in [1.807, 2.05) is 36.4 Å². The zero-order chi connectivity index (χ0) is 14.7. The van der Waals surface area contributed by atoms with Gasteiger partial charge in [0.05, 0.1) is 0 Å². The van der Waals surface area contributed by atoms with E-state index in [1.54, 1.807) is 0 Å². The number of hydrogen-bond donors (Lipinski definition) is 2. The van der Waals surface area contributed by atoms with Crippen LogP contribution < -0.4 is 11.1 Å². The molecule has 4 heteroatoms. The van der Waals surface area contributed by atoms with Crippen molar-refractivity contribution in [3.05, 3.63) is 42.0 Å². The van der Waals surface area contributed by atoms with Crippen LogP contribution in [0.25, 0.3) is 10.8 Å². The Morgan fingerprint density at radius 1 is 1.10 bits per heavy atom. The highest BCUT2D eigenvalue weighted by molar-refractivity contribution is 5.99. The third-order valence-electron chi connectivity index (χ3n) is 4.04. The third-order valence-corrected chi connectivity index (χ3v) is 4.04. The van der Waals surface area contributed by atoms with Crippen molar-refractivity contribution >= 4 is 22.4 Å². The number of hydrogen-bond acceptors (Lipinski definition) is 3. The number of rotatable bonds is 4. The van der Waals surface area contributed by atoms with Crippen molar-refractivity contribution < 1.29 is 4.79 Å². The van der Waals surface area contributed by atoms with Gasteiger partial charge < -0.3 is 16.0 Å². The first-order chi connectivity index (χ1) is 10.2. The summed E-state index contributed by atoms with van der Waals surface area (Å²) in [6.07, 6.45) is 2.56. The quantitative estimate of drug-likeness (QED) is 0.846. The van der Waals surface area contributed by atoms with Gasteiger partial charge in [0.15, 0.2) is 0 Å². The van der Waals surface area contributed by atoms with Crippen molar-refractivity contribution in [2.75, 3.05) is 31.9 Å². The minimum atomic E-state index is -0.00655. The highest BCUT2D eigenvalue weighted by Crippen LogP contribution is 2.19. The van der Waals surface area contributed by atoms with Crippen LogP contribution >= 0.6 is 0 Å². The van der Waals surface area contributed by atoms with Gasteiger partial charge in [-0.25, -0.2) is 0 Å². The molecule has 0 radical (unpaired) electrons. The molecule has 21 heavy (non-hydrogen) atoms. The van der Waals surface area contributed by atoms with Gasteiger partial charge in [-0.1, -0.05) is 12.1 Å². The molecule has 1 fully saturated rings. The van der Waals surface area contributed by atoms with Crippen LogP contribution in [-0.4, -0.2) is 37.0 Å². The topological polar surface area (TPSA) is 58.4 Å². The Morgan fingerprint density at radius 3 is 2.62 bits per heavy atom. The fourth-order valence-corrected chi connectivity index (χ4v) is 2.84. The van der Waals surface area contributed by atoms with E-state index >= 15 is 0 Å². The van der Waals surface area contributed by atoms with Gasteiger partial charge in [-0.15, -0.1) is 0 Å². The second-order valence-corrected chi connectivity index (χ2v) is 5.63. The molecule has 0 bridgehead atoms. The Balaban J connectivity index is 1.62. The summed E-state index contributed by atoms with van der Waals surface area (Å²) < 4.78 is 0. The first-order valence-electron chi connectivity index (χ1n) is 7.52. The Morgan fingerprint density at radius 2 is 1.81 bits per heavy atom. The van der Waals surface area contributed by atoms with Gasteiger partial charge >= 0.3 is 0 Å². The molecule has 110 valence electrons. The lowest BCUT2D eigenvalue weighted by Crippen LogP contribution is -2.33. The Labute approximate surface area is 124 Å². The van der Waals surface area contributed by atoms with E-state index in [4.69, 9.17) is 5.73 Å². The van der Waals surface area contributed by atoms with Crippen molar-refractivity contribution in [2.45, 2.75) is 12.8 Å². The van der Waals surface area contributed by atoms with Crippen LogP contribution in [0, 0.1) is 0 Å². The number of likely N-dealkylation sites (tertiary alicyclic amines) is 1. The maximum atomic E-state index is 12.2. The number of benzene rings is 2. The van der Waals surface area contributed by atoms with Crippen molar-refractivity contribution in [3.8, 4) is 0 Å². The van der Waals surface area contributed by atoms with E-state index < -0.39 is 0 Å². The molecular weight excluding hydrogens is 262 g/mol. The number of nitrogens with two attached hydrogens (primary N) is 1. The molecule has 1 amide bonds. The average Bonchev–Trinajstić information content (AvgIpc) is 3.00. The molecule has 4 nitrogen and oxygen atoms in total. The Kier molecular flexibility index (Phi) is 4.06. The largest absolute Gasteiger partial charge is 0.399 e. The molecule has 1 aliphatic heterocycles. The molecule has 0 saturated carbocycles. The summed E-state index contributed by atoms with van der Waals surface area (Å²) in [5, 5.41) is 5.09. The summed E-state index contributed by atoms with van der Waals surface area (Å²) >= 11 is 0. The van der Waals surface area contributed by atoms with Crippen LogP contribution in [0.4, 0.5) is 5.69 Å². The minimum Gasteiger partial charge on any atom is -0.399 e. The fraction of sp³-hybridized carbons (Fsp3) is 0.353. The molecule has 1 saturated heterocycles. The summed E-state index contributed by atoms with van der Waals surface area (Å²) in [6, 6.07) is 11.4. The van der Waals surface area contributed by atoms with Gasteiger partial charge in [0.2, 0.25) is 0 Å². The van der Waals surface area contributed by atoms with Crippen molar-refractivity contribution in [1.29, 1.82) is 0 Å². The number of nitrogens with one attached hydrogen (secondary N) is 1. The summed E-state index contributed by atoms with van der Waals surface area (Å²) in [5.74, 6) is -0.00655. The van der Waals surface area contributed by atoms with Crippen LogP contribution in [-0.2, 0) is 0 Å². The number of fused-ring (bicyclic) bond motifs is 1. The lowest BCUT2D eigenvalue weighted by atomic mass is 10.1. The summed E-state index contributed by atoms with van der Waals surface area (Å²) in [7, 11) is 0. The van der Waals surface area contributed by atoms with Crippen LogP contribution in [0.2, 0.25) is 0 Å². The SMILES string of the molecule is Nc1ccc2cc(C(=O)NCCN3CCCC3)ccc2c1. The molecule has 1 aliphatic rings. The van der Waals surface area contributed by atoms with Crippen molar-refractivity contribution in [3.63, 3.8) is 0 Å². The van der Waals surface area contributed by atoms with E-state index in [9.17, 15) is 4.79 Å². The molecule has 3 N–H and O–H groups in total. The van der Waals surface area contributed by atoms with Crippen LogP contribution in [0.5, 0.6) is 0 Å². The lowest BCUT2D eigenvalue weighted by molar-refractivity contribution is 0.0950. The molecule has 3 rings (SSSR count). The van der Waals surface area contributed by atoms with Crippen molar-refractivity contribution in [2.24, 2.45) is 0 Å². The average molecular weight is 283 g/mol. The van der Waals surface area contributed by atoms with E-state index in [0.29, 0.717) is 12.1 Å². The zero-order valence-electron chi connectivity index (χ0n) is 12.1. The monoisotopic (exact) mass is 283 g/mol. The van der Waals surface area contributed by atoms with E-state index in [1.165, 1.54) is 12.8 Å². The van der Waals surface area contributed by atoms with Gasteiger partial charge in [0.1, 0.15) is 0 Å². The number of anilines is 1. The Hall–Kier alpha value is -2.07. The Bertz CT molecular complexity index is 648. The third kappa shape index (κ3) is 3.34. The maximum absolute atomic E-state index is 12.2. The highest BCUT2D eigenvalue weighted by Gasteiger charge is 2.11. The zero-order valence-corrected chi connectivity index (χ0v) is 12.1. The van der Waals surface area contributed by atoms with Crippen LogP contribution in [0.1, 0.15) is 23.2 Å². The molecule has 1 heterocycles. The number of carbonyl (C=O) groups is 1. The molecule has 2 aromatic rings. The first-order valence-corrected chi connectivity index (χ1v) is 7.52. The van der Waals surface area contributed by atoms with E-state index in [0.717, 1.165) is 36.1 Å². The molecule has 2 aromatic carbocycles. The second kappa shape index (κ2) is 6.14. The second-order valence-electron chi connectivity index (χ2n) is 5.63. The van der Waals surface area contributed by atoms with Gasteiger partial charge in [0, 0.05) is 24.3 Å². The summed E-state index contributed by atoms with van der Waals surface area (Å²) in [4.78, 5) is 14.6. The van der Waals surface area contributed by atoms with E-state index in [-0.39, 0.29) is 5.91 Å². The van der Waals surface area contributed by atoms with Gasteiger partial charge in [-0.2, -0.15) is 0 Å². The molecule has 0 atom stereocenters. The smallest absolute Gasteiger partial charge is 0.251 e. The molecule has 0 spiro atoms. The standard InChI is InChI=1S/C17H21N3O/c18-16-6-5-13-11-15(4-3-14(13)12-16)17(21)19-7-10-20-8-1-2-9-20/h3-6,11-12H,1-2,7-10,18H2,(H,19,21). The normalized spacial score (nSPS) is 15.4. The number of nitrogens with zero attached hydrogens (tertiary/aromatic N) is 1. The molecular formula is C17H21N3O. The number of amides is 1. The van der Waals surface area contributed by atoms with Gasteiger partial charge in [-0.05, 0) is 61.0 Å². The van der Waals surface area contributed by atoms with Gasteiger partial charge in [0.25, 0.3) is 5.91 Å². The molecule has 0 aromatic heterocycles. The molecule has 0 unspecified atom stereocenters.